The molecule has 0 spiro atoms. The molecule has 31 heavy (non-hydrogen) atoms. The Morgan fingerprint density at radius 3 is 2.61 bits per heavy atom. The number of fused-ring (bicyclic) bond motifs is 1. The van der Waals surface area contributed by atoms with Gasteiger partial charge in [0.25, 0.3) is 0 Å². The Bertz CT molecular complexity index is 964. The highest BCUT2D eigenvalue weighted by Crippen LogP contribution is 2.19. The van der Waals surface area contributed by atoms with Crippen LogP contribution in [0.1, 0.15) is 22.7 Å². The van der Waals surface area contributed by atoms with Crippen molar-refractivity contribution in [3.05, 3.63) is 52.2 Å². The molecule has 3 aromatic rings. The van der Waals surface area contributed by atoms with Gasteiger partial charge in [0, 0.05) is 43.4 Å². The van der Waals surface area contributed by atoms with Crippen molar-refractivity contribution in [2.24, 2.45) is 0 Å². The second-order valence-electron chi connectivity index (χ2n) is 6.58. The standard InChI is InChI=1S/C16H19N7S.C2HF3O2/c1-4-13(24-9-1)11-22-7-3-8-23-15(12-22)14(20-21-23)10-19-16-17-5-2-6-18-16;3-2(4,5)1(6)7/h1-2,4-6,9H,3,7-8,10-12H2,(H,17,18,19);(H,6,7). The van der Waals surface area contributed by atoms with Crippen LogP contribution in [0.15, 0.2) is 36.0 Å². The molecule has 4 rings (SSSR count). The van der Waals surface area contributed by atoms with E-state index in [4.69, 9.17) is 9.90 Å². The van der Waals surface area contributed by atoms with Crippen molar-refractivity contribution in [1.29, 1.82) is 0 Å². The molecular formula is C18H20F3N7O2S. The summed E-state index contributed by atoms with van der Waals surface area (Å²) in [5, 5.41) is 21.2. The third-order valence-electron chi connectivity index (χ3n) is 4.32. The Morgan fingerprint density at radius 2 is 1.97 bits per heavy atom. The van der Waals surface area contributed by atoms with E-state index in [9.17, 15) is 13.2 Å². The molecule has 0 saturated heterocycles. The van der Waals surface area contributed by atoms with Crippen molar-refractivity contribution in [3.8, 4) is 0 Å². The third-order valence-corrected chi connectivity index (χ3v) is 5.18. The summed E-state index contributed by atoms with van der Waals surface area (Å²) in [6.45, 7) is 4.45. The van der Waals surface area contributed by atoms with Crippen LogP contribution in [0.5, 0.6) is 0 Å². The molecule has 0 atom stereocenters. The van der Waals surface area contributed by atoms with Crippen LogP contribution in [-0.2, 0) is 31.0 Å². The van der Waals surface area contributed by atoms with Crippen LogP contribution in [0.4, 0.5) is 19.1 Å². The van der Waals surface area contributed by atoms with Gasteiger partial charge in [-0.3, -0.25) is 4.90 Å². The number of nitrogens with one attached hydrogen (secondary N) is 1. The molecule has 3 aromatic heterocycles. The number of nitrogens with zero attached hydrogens (tertiary/aromatic N) is 6. The lowest BCUT2D eigenvalue weighted by atomic mass is 10.3. The van der Waals surface area contributed by atoms with Crippen LogP contribution in [0, 0.1) is 0 Å². The van der Waals surface area contributed by atoms with Gasteiger partial charge in [0.2, 0.25) is 5.95 Å². The van der Waals surface area contributed by atoms with E-state index in [0.717, 1.165) is 38.3 Å². The lowest BCUT2D eigenvalue weighted by Gasteiger charge is -2.18. The number of aryl methyl sites for hydroxylation is 1. The van der Waals surface area contributed by atoms with Gasteiger partial charge in [-0.1, -0.05) is 11.3 Å². The normalized spacial score (nSPS) is 14.2. The fourth-order valence-corrected chi connectivity index (χ4v) is 3.65. The zero-order valence-electron chi connectivity index (χ0n) is 16.3. The number of thiophene rings is 1. The summed E-state index contributed by atoms with van der Waals surface area (Å²) in [6.07, 6.45) is -0.537. The van der Waals surface area contributed by atoms with Gasteiger partial charge in [-0.05, 0) is 23.9 Å². The largest absolute Gasteiger partial charge is 0.490 e. The minimum absolute atomic E-state index is 0.589. The summed E-state index contributed by atoms with van der Waals surface area (Å²) >= 11 is 1.81. The Labute approximate surface area is 179 Å². The van der Waals surface area contributed by atoms with E-state index in [1.165, 1.54) is 10.6 Å². The van der Waals surface area contributed by atoms with Crippen molar-refractivity contribution < 1.29 is 23.1 Å². The first-order valence-electron chi connectivity index (χ1n) is 9.30. The van der Waals surface area contributed by atoms with Crippen molar-refractivity contribution in [2.45, 2.75) is 38.8 Å². The second-order valence-corrected chi connectivity index (χ2v) is 7.61. The van der Waals surface area contributed by atoms with Gasteiger partial charge in [0.05, 0.1) is 12.2 Å². The number of anilines is 1. The lowest BCUT2D eigenvalue weighted by molar-refractivity contribution is -0.192. The predicted octanol–water partition coefficient (Wildman–Crippen LogP) is 2.78. The smallest absolute Gasteiger partial charge is 0.475 e. The first kappa shape index (κ1) is 22.6. The third kappa shape index (κ3) is 6.72. The Hall–Kier alpha value is -3.06. The molecule has 2 N–H and O–H groups in total. The van der Waals surface area contributed by atoms with Crippen LogP contribution in [0.3, 0.4) is 0 Å². The molecule has 0 fully saturated rings. The number of aromatic nitrogens is 5. The molecule has 1 aliphatic rings. The molecule has 0 aromatic carbocycles. The van der Waals surface area contributed by atoms with Crippen molar-refractivity contribution >= 4 is 23.3 Å². The van der Waals surface area contributed by atoms with E-state index < -0.39 is 12.1 Å². The van der Waals surface area contributed by atoms with Gasteiger partial charge in [-0.25, -0.2) is 19.4 Å². The number of carboxylic acids is 1. The van der Waals surface area contributed by atoms with E-state index in [-0.39, 0.29) is 0 Å². The average molecular weight is 455 g/mol. The van der Waals surface area contributed by atoms with Crippen LogP contribution in [0.2, 0.25) is 0 Å². The summed E-state index contributed by atoms with van der Waals surface area (Å²) in [5.41, 5.74) is 2.16. The van der Waals surface area contributed by atoms with Gasteiger partial charge in [-0.2, -0.15) is 13.2 Å². The maximum absolute atomic E-state index is 10.6. The summed E-state index contributed by atoms with van der Waals surface area (Å²) in [6, 6.07) is 6.11. The van der Waals surface area contributed by atoms with Gasteiger partial charge in [-0.15, -0.1) is 16.4 Å². The minimum Gasteiger partial charge on any atom is -0.475 e. The molecule has 1 aliphatic heterocycles. The molecule has 0 bridgehead atoms. The molecule has 0 unspecified atom stereocenters. The number of rotatable bonds is 5. The Kier molecular flexibility index (Phi) is 7.52. The van der Waals surface area contributed by atoms with E-state index >= 15 is 0 Å². The molecule has 13 heteroatoms. The van der Waals surface area contributed by atoms with E-state index in [1.807, 2.05) is 16.0 Å². The second kappa shape index (κ2) is 10.3. The van der Waals surface area contributed by atoms with Crippen molar-refractivity contribution in [3.63, 3.8) is 0 Å². The fraction of sp³-hybridized carbons (Fsp3) is 0.389. The molecule has 0 saturated carbocycles. The zero-order valence-corrected chi connectivity index (χ0v) is 17.1. The van der Waals surface area contributed by atoms with Crippen LogP contribution < -0.4 is 5.32 Å². The van der Waals surface area contributed by atoms with Crippen LogP contribution >= 0.6 is 11.3 Å². The van der Waals surface area contributed by atoms with Crippen molar-refractivity contribution in [2.75, 3.05) is 11.9 Å². The minimum atomic E-state index is -5.08. The molecular weight excluding hydrogens is 435 g/mol. The summed E-state index contributed by atoms with van der Waals surface area (Å²) in [4.78, 5) is 21.1. The van der Waals surface area contributed by atoms with E-state index in [1.54, 1.807) is 18.5 Å². The van der Waals surface area contributed by atoms with Crippen LogP contribution in [0.25, 0.3) is 0 Å². The monoisotopic (exact) mass is 455 g/mol. The van der Waals surface area contributed by atoms with E-state index in [0.29, 0.717) is 12.5 Å². The summed E-state index contributed by atoms with van der Waals surface area (Å²) < 4.78 is 33.8. The average Bonchev–Trinajstić information content (AvgIpc) is 3.33. The molecule has 0 aliphatic carbocycles. The highest BCUT2D eigenvalue weighted by molar-refractivity contribution is 7.09. The number of aliphatic carboxylic acids is 1. The maximum atomic E-state index is 10.6. The molecule has 0 amide bonds. The maximum Gasteiger partial charge on any atom is 0.490 e. The Morgan fingerprint density at radius 1 is 1.23 bits per heavy atom. The van der Waals surface area contributed by atoms with Gasteiger partial charge in [0.15, 0.2) is 0 Å². The highest BCUT2D eigenvalue weighted by atomic mass is 32.1. The quantitative estimate of drug-likeness (QED) is 0.605. The SMILES string of the molecule is O=C(O)C(F)(F)F.c1cnc(NCc2nnn3c2CN(Cc2cccs2)CCC3)nc1. The number of alkyl halides is 3. The van der Waals surface area contributed by atoms with Crippen molar-refractivity contribution in [1.82, 2.24) is 29.9 Å². The lowest BCUT2D eigenvalue weighted by Crippen LogP contribution is -2.23. The summed E-state index contributed by atoms with van der Waals surface area (Å²) in [5.74, 6) is -2.14. The molecule has 0 radical (unpaired) electrons. The molecule has 166 valence electrons. The first-order valence-corrected chi connectivity index (χ1v) is 10.2. The number of hydrogen-bond donors (Lipinski definition) is 2. The topological polar surface area (TPSA) is 109 Å². The van der Waals surface area contributed by atoms with Gasteiger partial charge < -0.3 is 10.4 Å². The number of carboxylic acid groups (broad SMARTS) is 1. The van der Waals surface area contributed by atoms with Gasteiger partial charge >= 0.3 is 12.1 Å². The first-order chi connectivity index (χ1) is 14.8. The molecule has 4 heterocycles. The Balaban J connectivity index is 0.000000339. The zero-order chi connectivity index (χ0) is 22.3. The fourth-order valence-electron chi connectivity index (χ4n) is 2.90. The highest BCUT2D eigenvalue weighted by Gasteiger charge is 2.38. The predicted molar refractivity (Wildman–Crippen MR) is 106 cm³/mol. The van der Waals surface area contributed by atoms with Gasteiger partial charge in [0.1, 0.15) is 5.69 Å². The number of carbonyl (C=O) groups is 1. The summed E-state index contributed by atoms with van der Waals surface area (Å²) in [7, 11) is 0. The number of halogens is 3. The van der Waals surface area contributed by atoms with Crippen LogP contribution in [-0.4, -0.2) is 53.7 Å². The number of hydrogen-bond acceptors (Lipinski definition) is 8. The van der Waals surface area contributed by atoms with E-state index in [2.05, 4.69) is 48.0 Å². The molecule has 9 nitrogen and oxygen atoms in total.